The number of hydrazine groups is 1. The molecule has 0 saturated carbocycles. The molecule has 1 aromatic heterocycles. The Bertz CT molecular complexity index is 464. The second kappa shape index (κ2) is 4.86. The molecule has 7 heteroatoms. The first-order chi connectivity index (χ1) is 7.38. The standard InChI is InChI=1S/C9H14FN3O2S/c1-6(16(2,14)15)9(13-11)7-3-4-12-5-8(7)10/h3-6,9,13H,11H2,1-2H3. The van der Waals surface area contributed by atoms with Gasteiger partial charge < -0.3 is 0 Å². The summed E-state index contributed by atoms with van der Waals surface area (Å²) in [5.74, 6) is 4.69. The Labute approximate surface area is 93.8 Å². The Morgan fingerprint density at radius 3 is 2.62 bits per heavy atom. The highest BCUT2D eigenvalue weighted by atomic mass is 32.2. The molecule has 16 heavy (non-hydrogen) atoms. The number of aromatic nitrogens is 1. The summed E-state index contributed by atoms with van der Waals surface area (Å²) in [6.07, 6.45) is 3.49. The zero-order valence-corrected chi connectivity index (χ0v) is 9.83. The number of nitrogens with one attached hydrogen (secondary N) is 1. The van der Waals surface area contributed by atoms with Gasteiger partial charge in [0.05, 0.1) is 17.5 Å². The molecule has 1 aromatic rings. The van der Waals surface area contributed by atoms with E-state index in [1.54, 1.807) is 0 Å². The molecule has 0 fully saturated rings. The van der Waals surface area contributed by atoms with E-state index in [9.17, 15) is 12.8 Å². The Balaban J connectivity index is 3.14. The van der Waals surface area contributed by atoms with Gasteiger partial charge in [-0.05, 0) is 13.0 Å². The first-order valence-corrected chi connectivity index (χ1v) is 6.57. The lowest BCUT2D eigenvalue weighted by Gasteiger charge is -2.22. The second-order valence-corrected chi connectivity index (χ2v) is 5.98. The molecule has 0 aliphatic carbocycles. The van der Waals surface area contributed by atoms with Crippen LogP contribution in [0.25, 0.3) is 0 Å². The topological polar surface area (TPSA) is 85.1 Å². The minimum absolute atomic E-state index is 0.190. The zero-order valence-electron chi connectivity index (χ0n) is 9.01. The molecular formula is C9H14FN3O2S. The van der Waals surface area contributed by atoms with Crippen molar-refractivity contribution in [2.75, 3.05) is 6.26 Å². The summed E-state index contributed by atoms with van der Waals surface area (Å²) in [5, 5.41) is -0.825. The van der Waals surface area contributed by atoms with Crippen molar-refractivity contribution in [1.82, 2.24) is 10.4 Å². The molecule has 0 aliphatic rings. The number of halogens is 1. The van der Waals surface area contributed by atoms with Gasteiger partial charge in [-0.1, -0.05) is 0 Å². The second-order valence-electron chi connectivity index (χ2n) is 3.58. The van der Waals surface area contributed by atoms with Gasteiger partial charge in [0.2, 0.25) is 0 Å². The van der Waals surface area contributed by atoms with E-state index in [-0.39, 0.29) is 5.56 Å². The average Bonchev–Trinajstić information content (AvgIpc) is 2.20. The van der Waals surface area contributed by atoms with E-state index in [0.717, 1.165) is 12.5 Å². The fraction of sp³-hybridized carbons (Fsp3) is 0.444. The molecule has 5 nitrogen and oxygen atoms in total. The van der Waals surface area contributed by atoms with E-state index >= 15 is 0 Å². The molecule has 3 N–H and O–H groups in total. The lowest BCUT2D eigenvalue weighted by atomic mass is 10.1. The summed E-state index contributed by atoms with van der Waals surface area (Å²) in [5.41, 5.74) is 2.51. The Hall–Kier alpha value is -1.05. The van der Waals surface area contributed by atoms with Gasteiger partial charge in [0.25, 0.3) is 0 Å². The lowest BCUT2D eigenvalue weighted by Crippen LogP contribution is -2.39. The molecule has 1 heterocycles. The third-order valence-corrected chi connectivity index (χ3v) is 4.09. The van der Waals surface area contributed by atoms with Gasteiger partial charge in [0, 0.05) is 18.0 Å². The van der Waals surface area contributed by atoms with Crippen LogP contribution in [0.1, 0.15) is 18.5 Å². The van der Waals surface area contributed by atoms with Gasteiger partial charge in [0.1, 0.15) is 5.82 Å². The molecule has 2 unspecified atom stereocenters. The van der Waals surface area contributed by atoms with Gasteiger partial charge in [0.15, 0.2) is 9.84 Å². The highest BCUT2D eigenvalue weighted by Crippen LogP contribution is 2.22. The summed E-state index contributed by atoms with van der Waals surface area (Å²) in [7, 11) is -3.31. The van der Waals surface area contributed by atoms with Gasteiger partial charge in [-0.15, -0.1) is 0 Å². The number of nitrogens with zero attached hydrogens (tertiary/aromatic N) is 1. The minimum Gasteiger partial charge on any atom is -0.271 e. The molecule has 0 aromatic carbocycles. The van der Waals surface area contributed by atoms with Crippen LogP contribution in [0, 0.1) is 5.82 Å². The number of sulfone groups is 1. The van der Waals surface area contributed by atoms with Crippen LogP contribution in [0.4, 0.5) is 4.39 Å². The Kier molecular flexibility index (Phi) is 3.95. The third-order valence-electron chi connectivity index (χ3n) is 2.46. The maximum Gasteiger partial charge on any atom is 0.151 e. The van der Waals surface area contributed by atoms with Crippen molar-refractivity contribution < 1.29 is 12.8 Å². The number of pyridine rings is 1. The summed E-state index contributed by atoms with van der Waals surface area (Å²) in [4.78, 5) is 3.59. The number of hydrogen-bond donors (Lipinski definition) is 2. The third kappa shape index (κ3) is 2.75. The molecule has 0 saturated heterocycles. The van der Waals surface area contributed by atoms with Crippen LogP contribution in [0.3, 0.4) is 0 Å². The Morgan fingerprint density at radius 2 is 2.19 bits per heavy atom. The van der Waals surface area contributed by atoms with Gasteiger partial charge in [-0.25, -0.2) is 12.8 Å². The number of rotatable bonds is 4. The normalized spacial score (nSPS) is 15.8. The average molecular weight is 247 g/mol. The van der Waals surface area contributed by atoms with Crippen molar-refractivity contribution in [3.05, 3.63) is 29.8 Å². The predicted molar refractivity (Wildman–Crippen MR) is 58.6 cm³/mol. The van der Waals surface area contributed by atoms with E-state index in [0.29, 0.717) is 0 Å². The van der Waals surface area contributed by atoms with Crippen molar-refractivity contribution >= 4 is 9.84 Å². The lowest BCUT2D eigenvalue weighted by molar-refractivity contribution is 0.487. The quantitative estimate of drug-likeness (QED) is 0.584. The van der Waals surface area contributed by atoms with Crippen molar-refractivity contribution in [3.63, 3.8) is 0 Å². The van der Waals surface area contributed by atoms with Crippen LogP contribution < -0.4 is 11.3 Å². The molecule has 0 radical (unpaired) electrons. The molecule has 90 valence electrons. The van der Waals surface area contributed by atoms with Crippen LogP contribution in [-0.2, 0) is 9.84 Å². The molecule has 0 bridgehead atoms. The molecule has 2 atom stereocenters. The molecule has 1 rings (SSSR count). The van der Waals surface area contributed by atoms with Crippen molar-refractivity contribution in [2.45, 2.75) is 18.2 Å². The fourth-order valence-corrected chi connectivity index (χ4v) is 2.08. The van der Waals surface area contributed by atoms with Crippen LogP contribution in [0.15, 0.2) is 18.5 Å². The molecule has 0 spiro atoms. The molecular weight excluding hydrogens is 233 g/mol. The van der Waals surface area contributed by atoms with Crippen LogP contribution in [0.5, 0.6) is 0 Å². The maximum absolute atomic E-state index is 13.4. The number of hydrogen-bond acceptors (Lipinski definition) is 5. The summed E-state index contributed by atoms with van der Waals surface area (Å²) >= 11 is 0. The van der Waals surface area contributed by atoms with E-state index in [2.05, 4.69) is 10.4 Å². The van der Waals surface area contributed by atoms with Gasteiger partial charge in [-0.2, -0.15) is 0 Å². The van der Waals surface area contributed by atoms with Gasteiger partial charge in [-0.3, -0.25) is 16.3 Å². The zero-order chi connectivity index (χ0) is 12.3. The summed E-state index contributed by atoms with van der Waals surface area (Å²) in [6.45, 7) is 1.47. The SMILES string of the molecule is CC(C(NN)c1ccncc1F)S(C)(=O)=O. The van der Waals surface area contributed by atoms with Crippen LogP contribution in [0.2, 0.25) is 0 Å². The fourth-order valence-electron chi connectivity index (χ4n) is 1.36. The predicted octanol–water partition coefficient (Wildman–Crippen LogP) is 0.158. The molecule has 0 amide bonds. The monoisotopic (exact) mass is 247 g/mol. The summed E-state index contributed by atoms with van der Waals surface area (Å²) < 4.78 is 36.2. The first kappa shape index (κ1) is 13.0. The van der Waals surface area contributed by atoms with E-state index < -0.39 is 26.9 Å². The first-order valence-electron chi connectivity index (χ1n) is 4.62. The Morgan fingerprint density at radius 1 is 1.56 bits per heavy atom. The van der Waals surface area contributed by atoms with Crippen LogP contribution in [-0.4, -0.2) is 24.9 Å². The van der Waals surface area contributed by atoms with Gasteiger partial charge >= 0.3 is 0 Å². The van der Waals surface area contributed by atoms with E-state index in [4.69, 9.17) is 5.84 Å². The van der Waals surface area contributed by atoms with Crippen molar-refractivity contribution in [1.29, 1.82) is 0 Å². The van der Waals surface area contributed by atoms with Crippen molar-refractivity contribution in [3.8, 4) is 0 Å². The number of nitrogens with two attached hydrogens (primary N) is 1. The highest BCUT2D eigenvalue weighted by molar-refractivity contribution is 7.91. The summed E-state index contributed by atoms with van der Waals surface area (Å²) in [6, 6.07) is 0.611. The van der Waals surface area contributed by atoms with E-state index in [1.165, 1.54) is 19.2 Å². The van der Waals surface area contributed by atoms with Crippen LogP contribution >= 0.6 is 0 Å². The highest BCUT2D eigenvalue weighted by Gasteiger charge is 2.28. The van der Waals surface area contributed by atoms with E-state index in [1.807, 2.05) is 0 Å². The maximum atomic E-state index is 13.4. The minimum atomic E-state index is -3.31. The van der Waals surface area contributed by atoms with Crippen molar-refractivity contribution in [2.24, 2.45) is 5.84 Å². The molecule has 0 aliphatic heterocycles. The largest absolute Gasteiger partial charge is 0.271 e. The smallest absolute Gasteiger partial charge is 0.151 e.